The summed E-state index contributed by atoms with van der Waals surface area (Å²) in [6.07, 6.45) is 0.659. The molecule has 0 atom stereocenters. The maximum Gasteiger partial charge on any atom is 0.311 e. The van der Waals surface area contributed by atoms with E-state index < -0.39 is 0 Å². The van der Waals surface area contributed by atoms with Gasteiger partial charge < -0.3 is 19.5 Å². The maximum absolute atomic E-state index is 12.1. The largest absolute Gasteiger partial charge is 0.469 e. The first kappa shape index (κ1) is 19.2. The molecule has 144 valence electrons. The van der Waals surface area contributed by atoms with Crippen LogP contribution in [0.2, 0.25) is 0 Å². The van der Waals surface area contributed by atoms with Crippen LogP contribution in [0.5, 0.6) is 0 Å². The maximum atomic E-state index is 12.1. The summed E-state index contributed by atoms with van der Waals surface area (Å²) in [7, 11) is 1.38. The molecule has 0 aliphatic carbocycles. The van der Waals surface area contributed by atoms with E-state index in [0.717, 1.165) is 4.88 Å². The van der Waals surface area contributed by atoms with Gasteiger partial charge >= 0.3 is 5.97 Å². The molecule has 1 amide bonds. The van der Waals surface area contributed by atoms with Crippen LogP contribution in [0.4, 0.5) is 0 Å². The molecule has 0 saturated carbocycles. The average Bonchev–Trinajstić information content (AvgIpc) is 3.31. The van der Waals surface area contributed by atoms with Crippen LogP contribution in [0.25, 0.3) is 10.6 Å². The van der Waals surface area contributed by atoms with Gasteiger partial charge in [-0.15, -0.1) is 11.3 Å². The molecule has 1 fully saturated rings. The minimum atomic E-state index is -0.363. The number of nitrogens with zero attached hydrogens (tertiary/aromatic N) is 2. The van der Waals surface area contributed by atoms with Crippen LogP contribution in [0, 0.1) is 5.92 Å². The van der Waals surface area contributed by atoms with Crippen LogP contribution < -0.4 is 5.32 Å². The molecular weight excluding hydrogens is 370 g/mol. The van der Waals surface area contributed by atoms with Crippen molar-refractivity contribution in [1.29, 1.82) is 0 Å². The van der Waals surface area contributed by atoms with Crippen molar-refractivity contribution in [3.8, 4) is 10.6 Å². The van der Waals surface area contributed by atoms with Gasteiger partial charge in [-0.1, -0.05) is 11.2 Å². The number of esters is 1. The third-order valence-electron chi connectivity index (χ3n) is 4.39. The number of hydrogen-bond donors (Lipinski definition) is 1. The highest BCUT2D eigenvalue weighted by atomic mass is 32.1. The Balaban J connectivity index is 1.32. The van der Waals surface area contributed by atoms with Gasteiger partial charge in [-0.3, -0.25) is 14.4 Å². The van der Waals surface area contributed by atoms with Crippen LogP contribution >= 0.6 is 11.3 Å². The summed E-state index contributed by atoms with van der Waals surface area (Å²) in [5.74, 6) is -0.0263. The number of carbonyl (C=O) groups excluding carboxylic acids is 3. The molecule has 1 saturated heterocycles. The van der Waals surface area contributed by atoms with E-state index in [2.05, 4.69) is 15.2 Å². The Morgan fingerprint density at radius 2 is 2.19 bits per heavy atom. The Morgan fingerprint density at radius 1 is 1.37 bits per heavy atom. The zero-order chi connectivity index (χ0) is 19.2. The molecule has 2 aromatic heterocycles. The van der Waals surface area contributed by atoms with E-state index in [1.54, 1.807) is 6.07 Å². The first-order valence-corrected chi connectivity index (χ1v) is 9.55. The zero-order valence-corrected chi connectivity index (χ0v) is 15.8. The second-order valence-corrected chi connectivity index (χ2v) is 7.28. The molecule has 2 aromatic rings. The van der Waals surface area contributed by atoms with Gasteiger partial charge in [-0.2, -0.15) is 0 Å². The summed E-state index contributed by atoms with van der Waals surface area (Å²) in [6.45, 7) is 2.14. The minimum Gasteiger partial charge on any atom is -0.469 e. The highest BCUT2D eigenvalue weighted by molar-refractivity contribution is 7.13. The lowest BCUT2D eigenvalue weighted by Gasteiger charge is -2.37. The van der Waals surface area contributed by atoms with E-state index in [1.807, 2.05) is 22.4 Å². The van der Waals surface area contributed by atoms with E-state index in [-0.39, 0.29) is 42.2 Å². The Morgan fingerprint density at radius 3 is 2.89 bits per heavy atom. The molecule has 8 nitrogen and oxygen atoms in total. The highest BCUT2D eigenvalue weighted by Gasteiger charge is 2.33. The quantitative estimate of drug-likeness (QED) is 0.648. The van der Waals surface area contributed by atoms with Crippen molar-refractivity contribution in [3.05, 3.63) is 29.3 Å². The van der Waals surface area contributed by atoms with Crippen molar-refractivity contribution in [2.24, 2.45) is 5.92 Å². The fraction of sp³-hybridized carbons (Fsp3) is 0.444. The van der Waals surface area contributed by atoms with E-state index in [1.165, 1.54) is 18.4 Å². The molecule has 0 bridgehead atoms. The molecule has 0 radical (unpaired) electrons. The molecule has 0 aromatic carbocycles. The van der Waals surface area contributed by atoms with Crippen LogP contribution in [0.15, 0.2) is 28.1 Å². The van der Waals surface area contributed by atoms with Crippen molar-refractivity contribution >= 4 is 29.0 Å². The zero-order valence-electron chi connectivity index (χ0n) is 15.0. The lowest BCUT2D eigenvalue weighted by Crippen LogP contribution is -2.51. The SMILES string of the molecule is COC(=O)C1CN(CCC(=O)CCNC(=O)c2cc(-c3cccs3)on2)C1. The molecule has 0 unspecified atom stereocenters. The summed E-state index contributed by atoms with van der Waals surface area (Å²) >= 11 is 1.50. The van der Waals surface area contributed by atoms with Crippen LogP contribution in [-0.4, -0.2) is 61.0 Å². The van der Waals surface area contributed by atoms with Gasteiger partial charge in [-0.25, -0.2) is 0 Å². The van der Waals surface area contributed by atoms with E-state index in [9.17, 15) is 14.4 Å². The van der Waals surface area contributed by atoms with Gasteiger partial charge in [0.1, 0.15) is 5.78 Å². The summed E-state index contributed by atoms with van der Waals surface area (Å²) in [5.41, 5.74) is 0.195. The fourth-order valence-electron chi connectivity index (χ4n) is 2.80. The van der Waals surface area contributed by atoms with Crippen LogP contribution in [-0.2, 0) is 14.3 Å². The number of likely N-dealkylation sites (tertiary alicyclic amines) is 1. The van der Waals surface area contributed by atoms with Gasteiger partial charge in [0.15, 0.2) is 11.5 Å². The fourth-order valence-corrected chi connectivity index (χ4v) is 3.47. The monoisotopic (exact) mass is 391 g/mol. The topological polar surface area (TPSA) is 102 Å². The Kier molecular flexibility index (Phi) is 6.36. The third kappa shape index (κ3) is 5.01. The highest BCUT2D eigenvalue weighted by Crippen LogP contribution is 2.25. The van der Waals surface area contributed by atoms with Crippen molar-refractivity contribution in [3.63, 3.8) is 0 Å². The predicted octanol–water partition coefficient (Wildman–Crippen LogP) is 1.59. The Bertz CT molecular complexity index is 796. The molecule has 3 rings (SSSR count). The second-order valence-electron chi connectivity index (χ2n) is 6.33. The second kappa shape index (κ2) is 8.92. The molecular formula is C18H21N3O5S. The lowest BCUT2D eigenvalue weighted by atomic mass is 10.00. The minimum absolute atomic E-state index is 0.0660. The summed E-state index contributed by atoms with van der Waals surface area (Å²) in [4.78, 5) is 38.2. The van der Waals surface area contributed by atoms with Crippen molar-refractivity contribution in [2.45, 2.75) is 12.8 Å². The predicted molar refractivity (Wildman–Crippen MR) is 98.3 cm³/mol. The lowest BCUT2D eigenvalue weighted by molar-refractivity contribution is -0.151. The smallest absolute Gasteiger partial charge is 0.311 e. The van der Waals surface area contributed by atoms with Crippen molar-refractivity contribution in [2.75, 3.05) is 33.3 Å². The number of nitrogens with one attached hydrogen (secondary N) is 1. The van der Waals surface area contributed by atoms with Crippen molar-refractivity contribution < 1.29 is 23.6 Å². The number of ether oxygens (including phenoxy) is 1. The summed E-state index contributed by atoms with van der Waals surface area (Å²) in [6, 6.07) is 5.37. The molecule has 1 aliphatic heterocycles. The van der Waals surface area contributed by atoms with Crippen LogP contribution in [0.1, 0.15) is 23.3 Å². The first-order chi connectivity index (χ1) is 13.1. The Hall–Kier alpha value is -2.52. The van der Waals surface area contributed by atoms with Gasteiger partial charge in [0.25, 0.3) is 5.91 Å². The number of aromatic nitrogens is 1. The molecule has 3 heterocycles. The van der Waals surface area contributed by atoms with E-state index in [0.29, 0.717) is 31.8 Å². The third-order valence-corrected chi connectivity index (χ3v) is 5.28. The first-order valence-electron chi connectivity index (χ1n) is 8.67. The number of ketones is 1. The molecule has 0 spiro atoms. The number of rotatable bonds is 9. The number of hydrogen-bond acceptors (Lipinski definition) is 8. The molecule has 27 heavy (non-hydrogen) atoms. The number of methoxy groups -OCH3 is 1. The Labute approximate surface area is 160 Å². The normalized spacial score (nSPS) is 14.6. The van der Waals surface area contributed by atoms with Crippen LogP contribution in [0.3, 0.4) is 0 Å². The van der Waals surface area contributed by atoms with E-state index in [4.69, 9.17) is 4.52 Å². The summed E-state index contributed by atoms with van der Waals surface area (Å²) < 4.78 is 9.85. The van der Waals surface area contributed by atoms with Gasteiger partial charge in [0.2, 0.25) is 0 Å². The molecule has 1 aliphatic rings. The average molecular weight is 391 g/mol. The van der Waals surface area contributed by atoms with E-state index >= 15 is 0 Å². The van der Waals surface area contributed by atoms with Gasteiger partial charge in [0, 0.05) is 45.1 Å². The standard InChI is InChI=1S/C18H21N3O5S/c1-25-18(24)12-10-21(11-12)7-5-13(22)4-6-19-17(23)14-9-15(26-20-14)16-3-2-8-27-16/h2-3,8-9,12H,4-7,10-11H2,1H3,(H,19,23). The molecule has 9 heteroatoms. The van der Waals surface area contributed by atoms with Gasteiger partial charge in [-0.05, 0) is 11.4 Å². The number of amides is 1. The van der Waals surface area contributed by atoms with Gasteiger partial charge in [0.05, 0.1) is 17.9 Å². The molecule has 1 N–H and O–H groups in total. The summed E-state index contributed by atoms with van der Waals surface area (Å²) in [5, 5.41) is 8.36. The number of carbonyl (C=O) groups is 3. The number of thiophene rings is 1. The number of Topliss-reactive ketones (excluding diaryl/α,β-unsaturated/α-hetero) is 1. The van der Waals surface area contributed by atoms with Crippen molar-refractivity contribution in [1.82, 2.24) is 15.4 Å².